The summed E-state index contributed by atoms with van der Waals surface area (Å²) >= 11 is 0. The van der Waals surface area contributed by atoms with E-state index >= 15 is 0 Å². The van der Waals surface area contributed by atoms with E-state index in [2.05, 4.69) is 5.32 Å². The molecule has 0 saturated heterocycles. The Bertz CT molecular complexity index is 923. The van der Waals surface area contributed by atoms with Gasteiger partial charge in [-0.15, -0.1) is 0 Å². The second kappa shape index (κ2) is 9.43. The smallest absolute Gasteiger partial charge is 0.326 e. The number of nitrogens with zero attached hydrogens (tertiary/aromatic N) is 1. The van der Waals surface area contributed by atoms with Crippen molar-refractivity contribution in [3.05, 3.63) is 59.7 Å². The minimum Gasteiger partial charge on any atom is -0.491 e. The van der Waals surface area contributed by atoms with Crippen LogP contribution in [0.3, 0.4) is 0 Å². The Morgan fingerprint density at radius 2 is 1.73 bits per heavy atom. The number of carbonyl (C=O) groups is 3. The Morgan fingerprint density at radius 3 is 2.43 bits per heavy atom. The molecule has 0 bridgehead atoms. The summed E-state index contributed by atoms with van der Waals surface area (Å²) in [4.78, 5) is 38.6. The van der Waals surface area contributed by atoms with Gasteiger partial charge < -0.3 is 19.7 Å². The number of anilines is 1. The van der Waals surface area contributed by atoms with Gasteiger partial charge in [0.15, 0.2) is 6.10 Å². The highest BCUT2D eigenvalue weighted by Crippen LogP contribution is 2.28. The molecule has 30 heavy (non-hydrogen) atoms. The Labute approximate surface area is 176 Å². The van der Waals surface area contributed by atoms with E-state index in [0.717, 1.165) is 17.7 Å². The first kappa shape index (κ1) is 21.4. The van der Waals surface area contributed by atoms with Crippen LogP contribution in [0.5, 0.6) is 5.75 Å². The van der Waals surface area contributed by atoms with Gasteiger partial charge in [-0.25, -0.2) is 0 Å². The van der Waals surface area contributed by atoms with Crippen LogP contribution in [0.4, 0.5) is 5.69 Å². The van der Waals surface area contributed by atoms with E-state index in [0.29, 0.717) is 17.9 Å². The number of para-hydroxylation sites is 1. The van der Waals surface area contributed by atoms with E-state index < -0.39 is 18.0 Å². The van der Waals surface area contributed by atoms with Gasteiger partial charge in [0.05, 0.1) is 6.10 Å². The number of hydrogen-bond donors (Lipinski definition) is 1. The average Bonchev–Trinajstić information content (AvgIpc) is 3.15. The summed E-state index contributed by atoms with van der Waals surface area (Å²) in [6, 6.07) is 14.3. The van der Waals surface area contributed by atoms with Crippen LogP contribution in [0.25, 0.3) is 0 Å². The Balaban J connectivity index is 1.48. The lowest BCUT2D eigenvalue weighted by atomic mass is 10.2. The third-order valence-corrected chi connectivity index (χ3v) is 4.69. The highest BCUT2D eigenvalue weighted by atomic mass is 16.5. The second-order valence-electron chi connectivity index (χ2n) is 7.37. The molecular weight excluding hydrogens is 384 g/mol. The number of carbonyl (C=O) groups excluding carboxylic acids is 3. The van der Waals surface area contributed by atoms with Crippen molar-refractivity contribution in [3.8, 4) is 5.75 Å². The van der Waals surface area contributed by atoms with Crippen LogP contribution < -0.4 is 15.0 Å². The fourth-order valence-corrected chi connectivity index (χ4v) is 3.29. The highest BCUT2D eigenvalue weighted by Gasteiger charge is 2.29. The molecule has 0 radical (unpaired) electrons. The lowest BCUT2D eigenvalue weighted by Gasteiger charge is -2.21. The summed E-state index contributed by atoms with van der Waals surface area (Å²) in [6.45, 7) is 5.61. The van der Waals surface area contributed by atoms with E-state index in [-0.39, 0.29) is 18.6 Å². The van der Waals surface area contributed by atoms with Crippen LogP contribution in [0, 0.1) is 0 Å². The van der Waals surface area contributed by atoms with E-state index in [9.17, 15) is 14.4 Å². The number of benzene rings is 2. The van der Waals surface area contributed by atoms with Gasteiger partial charge in [0.2, 0.25) is 0 Å². The Morgan fingerprint density at radius 1 is 1.03 bits per heavy atom. The molecule has 3 rings (SSSR count). The number of ether oxygens (including phenoxy) is 2. The van der Waals surface area contributed by atoms with Gasteiger partial charge in [0.1, 0.15) is 12.3 Å². The van der Waals surface area contributed by atoms with Gasteiger partial charge in [-0.3, -0.25) is 14.4 Å². The van der Waals surface area contributed by atoms with Gasteiger partial charge >= 0.3 is 5.97 Å². The summed E-state index contributed by atoms with van der Waals surface area (Å²) in [5.74, 6) is -0.691. The van der Waals surface area contributed by atoms with Crippen molar-refractivity contribution < 1.29 is 23.9 Å². The fraction of sp³-hybridized carbons (Fsp3) is 0.348. The lowest BCUT2D eigenvalue weighted by molar-refractivity contribution is -0.152. The van der Waals surface area contributed by atoms with Crippen LogP contribution in [0.15, 0.2) is 48.5 Å². The first-order valence-corrected chi connectivity index (χ1v) is 9.99. The molecular formula is C23H26N2O5. The molecule has 0 saturated carbocycles. The van der Waals surface area contributed by atoms with Gasteiger partial charge in [-0.1, -0.05) is 18.2 Å². The standard InChI is InChI=1S/C23H26N2O5/c1-15(2)29-19-10-8-18(9-11-19)22(27)24-14-21(26)30-16(3)23(28)25-13-12-17-6-4-5-7-20(17)25/h4-11,15-16H,12-14H2,1-3H3,(H,24,27)/t16-/m0/s1. The maximum atomic E-state index is 12.7. The number of amides is 2. The number of fused-ring (bicyclic) bond motifs is 1. The molecule has 158 valence electrons. The maximum Gasteiger partial charge on any atom is 0.326 e. The number of rotatable bonds is 7. The zero-order valence-corrected chi connectivity index (χ0v) is 17.4. The molecule has 7 nitrogen and oxygen atoms in total. The van der Waals surface area contributed by atoms with Gasteiger partial charge in [0, 0.05) is 17.8 Å². The topological polar surface area (TPSA) is 84.9 Å². The molecule has 7 heteroatoms. The average molecular weight is 410 g/mol. The lowest BCUT2D eigenvalue weighted by Crippen LogP contribution is -2.41. The zero-order valence-electron chi connectivity index (χ0n) is 17.4. The van der Waals surface area contributed by atoms with Crippen LogP contribution in [0.2, 0.25) is 0 Å². The van der Waals surface area contributed by atoms with Crippen molar-refractivity contribution >= 4 is 23.5 Å². The molecule has 2 aromatic carbocycles. The highest BCUT2D eigenvalue weighted by molar-refractivity contribution is 5.99. The van der Waals surface area contributed by atoms with E-state index in [1.165, 1.54) is 6.92 Å². The quantitative estimate of drug-likeness (QED) is 0.710. The Kier molecular flexibility index (Phi) is 6.72. The monoisotopic (exact) mass is 410 g/mol. The van der Waals surface area contributed by atoms with Crippen molar-refractivity contribution in [1.82, 2.24) is 5.32 Å². The first-order chi connectivity index (χ1) is 14.3. The maximum absolute atomic E-state index is 12.7. The van der Waals surface area contributed by atoms with Crippen molar-refractivity contribution in [2.24, 2.45) is 0 Å². The third kappa shape index (κ3) is 5.17. The third-order valence-electron chi connectivity index (χ3n) is 4.69. The summed E-state index contributed by atoms with van der Waals surface area (Å²) in [6.07, 6.45) is -0.120. The van der Waals surface area contributed by atoms with Crippen molar-refractivity contribution in [2.75, 3.05) is 18.0 Å². The molecule has 1 heterocycles. The normalized spacial score (nSPS) is 13.5. The van der Waals surface area contributed by atoms with E-state index in [1.807, 2.05) is 38.1 Å². The molecule has 0 fully saturated rings. The summed E-state index contributed by atoms with van der Waals surface area (Å²) in [5, 5.41) is 2.51. The molecule has 0 unspecified atom stereocenters. The second-order valence-corrected chi connectivity index (χ2v) is 7.37. The SMILES string of the molecule is CC(C)Oc1ccc(C(=O)NCC(=O)O[C@@H](C)C(=O)N2CCc3ccccc32)cc1. The summed E-state index contributed by atoms with van der Waals surface area (Å²) in [5.41, 5.74) is 2.35. The summed E-state index contributed by atoms with van der Waals surface area (Å²) < 4.78 is 10.8. The molecule has 2 amide bonds. The van der Waals surface area contributed by atoms with Crippen LogP contribution in [0.1, 0.15) is 36.7 Å². The number of nitrogens with one attached hydrogen (secondary N) is 1. The molecule has 0 spiro atoms. The fourth-order valence-electron chi connectivity index (χ4n) is 3.29. The van der Waals surface area contributed by atoms with Crippen LogP contribution in [-0.4, -0.2) is 43.1 Å². The molecule has 0 aliphatic carbocycles. The largest absolute Gasteiger partial charge is 0.491 e. The van der Waals surface area contributed by atoms with E-state index in [4.69, 9.17) is 9.47 Å². The summed E-state index contributed by atoms with van der Waals surface area (Å²) in [7, 11) is 0. The zero-order chi connectivity index (χ0) is 21.7. The molecule has 1 atom stereocenters. The first-order valence-electron chi connectivity index (χ1n) is 9.99. The predicted molar refractivity (Wildman–Crippen MR) is 113 cm³/mol. The minimum atomic E-state index is -0.937. The van der Waals surface area contributed by atoms with Crippen LogP contribution in [-0.2, 0) is 20.7 Å². The van der Waals surface area contributed by atoms with Gasteiger partial charge in [-0.05, 0) is 63.1 Å². The molecule has 1 aliphatic heterocycles. The molecule has 1 aliphatic rings. The Hall–Kier alpha value is -3.35. The van der Waals surface area contributed by atoms with Crippen molar-refractivity contribution in [2.45, 2.75) is 39.4 Å². The van der Waals surface area contributed by atoms with Crippen molar-refractivity contribution in [1.29, 1.82) is 0 Å². The molecule has 1 N–H and O–H groups in total. The number of esters is 1. The predicted octanol–water partition coefficient (Wildman–Crippen LogP) is 2.72. The molecule has 0 aromatic heterocycles. The minimum absolute atomic E-state index is 0.0400. The van der Waals surface area contributed by atoms with Gasteiger partial charge in [0.25, 0.3) is 11.8 Å². The van der Waals surface area contributed by atoms with Crippen molar-refractivity contribution in [3.63, 3.8) is 0 Å². The van der Waals surface area contributed by atoms with Gasteiger partial charge in [-0.2, -0.15) is 0 Å². The number of hydrogen-bond acceptors (Lipinski definition) is 5. The van der Waals surface area contributed by atoms with Crippen LogP contribution >= 0.6 is 0 Å². The molecule has 2 aromatic rings. The van der Waals surface area contributed by atoms with E-state index in [1.54, 1.807) is 29.2 Å².